The Balaban J connectivity index is 2.00. The number of carbonyl (C=O) groups is 1. The van der Waals surface area contributed by atoms with Gasteiger partial charge in [-0.3, -0.25) is 4.79 Å². The van der Waals surface area contributed by atoms with Crippen LogP contribution in [0.25, 0.3) is 0 Å². The number of carbonyl (C=O) groups excluding carboxylic acids is 1. The van der Waals surface area contributed by atoms with E-state index in [2.05, 4.69) is 5.10 Å². The number of aryl methyl sites for hydroxylation is 1. The van der Waals surface area contributed by atoms with Gasteiger partial charge in [0, 0.05) is 5.02 Å². The molecule has 26 heavy (non-hydrogen) atoms. The van der Waals surface area contributed by atoms with Gasteiger partial charge >= 0.3 is 0 Å². The van der Waals surface area contributed by atoms with E-state index in [-0.39, 0.29) is 26.1 Å². The number of rotatable bonds is 4. The highest BCUT2D eigenvalue weighted by Crippen LogP contribution is 2.32. The smallest absolute Gasteiger partial charge is 0.282 e. The molecule has 0 fully saturated rings. The molecule has 0 aliphatic carbocycles. The number of hydrogen-bond donors (Lipinski definition) is 1. The highest BCUT2D eigenvalue weighted by atomic mass is 35.5. The summed E-state index contributed by atoms with van der Waals surface area (Å²) in [6.07, 6.45) is 2.17. The van der Waals surface area contributed by atoms with E-state index in [1.54, 1.807) is 12.1 Å². The van der Waals surface area contributed by atoms with Crippen LogP contribution in [0.2, 0.25) is 10.0 Å². The lowest BCUT2D eigenvalue weighted by molar-refractivity contribution is 0.103. The first-order valence-electron chi connectivity index (χ1n) is 7.30. The molecule has 0 amide bonds. The van der Waals surface area contributed by atoms with E-state index >= 15 is 0 Å². The third-order valence-corrected chi connectivity index (χ3v) is 5.73. The Hall–Kier alpha value is -2.35. The molecule has 6 nitrogen and oxygen atoms in total. The monoisotopic (exact) mass is 410 g/mol. The summed E-state index contributed by atoms with van der Waals surface area (Å²) in [5.74, 6) is -1.09. The maximum absolute atomic E-state index is 12.6. The molecule has 1 N–H and O–H groups in total. The zero-order chi connectivity index (χ0) is 19.1. The van der Waals surface area contributed by atoms with Crippen LogP contribution in [0.3, 0.4) is 0 Å². The maximum atomic E-state index is 12.6. The Kier molecular flexibility index (Phi) is 4.79. The molecule has 3 aromatic rings. The van der Waals surface area contributed by atoms with Crippen LogP contribution < -0.4 is 0 Å². The number of aromatic hydroxyl groups is 1. The summed E-state index contributed by atoms with van der Waals surface area (Å²) in [5, 5.41) is 13.8. The van der Waals surface area contributed by atoms with Gasteiger partial charge in [0.25, 0.3) is 10.0 Å². The minimum absolute atomic E-state index is 0.0330. The topological polar surface area (TPSA) is 89.3 Å². The van der Waals surface area contributed by atoms with E-state index in [0.717, 1.165) is 18.0 Å². The summed E-state index contributed by atoms with van der Waals surface area (Å²) in [6.45, 7) is 1.84. The van der Waals surface area contributed by atoms with Gasteiger partial charge in [-0.1, -0.05) is 40.9 Å². The molecule has 0 saturated carbocycles. The van der Waals surface area contributed by atoms with Crippen LogP contribution in [0.1, 0.15) is 21.5 Å². The second-order valence-electron chi connectivity index (χ2n) is 5.53. The molecule has 0 aliphatic rings. The molecule has 1 heterocycles. The van der Waals surface area contributed by atoms with Gasteiger partial charge in [0.1, 0.15) is 5.75 Å². The number of aromatic nitrogens is 2. The van der Waals surface area contributed by atoms with Crippen LogP contribution in [-0.4, -0.2) is 28.5 Å². The Morgan fingerprint density at radius 3 is 2.46 bits per heavy atom. The molecule has 2 aromatic carbocycles. The second-order valence-corrected chi connectivity index (χ2v) is 8.17. The van der Waals surface area contributed by atoms with Gasteiger partial charge in [0.15, 0.2) is 5.78 Å². The zero-order valence-electron chi connectivity index (χ0n) is 13.3. The normalized spacial score (nSPS) is 11.5. The van der Waals surface area contributed by atoms with Crippen molar-refractivity contribution < 1.29 is 18.3 Å². The van der Waals surface area contributed by atoms with Crippen LogP contribution in [0, 0.1) is 6.92 Å². The Bertz CT molecular complexity index is 1110. The predicted octanol–water partition coefficient (Wildman–Crippen LogP) is 3.67. The molecule has 0 aliphatic heterocycles. The van der Waals surface area contributed by atoms with E-state index < -0.39 is 21.6 Å². The lowest BCUT2D eigenvalue weighted by Crippen LogP contribution is -2.13. The number of halogens is 2. The van der Waals surface area contributed by atoms with E-state index in [9.17, 15) is 18.3 Å². The van der Waals surface area contributed by atoms with Crippen molar-refractivity contribution in [2.24, 2.45) is 0 Å². The number of hydrogen-bond acceptors (Lipinski definition) is 5. The molecular formula is C17H12Cl2N2O4S. The van der Waals surface area contributed by atoms with Crippen molar-refractivity contribution in [3.63, 3.8) is 0 Å². The van der Waals surface area contributed by atoms with Crippen LogP contribution >= 0.6 is 23.2 Å². The third kappa shape index (κ3) is 3.33. The third-order valence-electron chi connectivity index (χ3n) is 3.66. The van der Waals surface area contributed by atoms with Gasteiger partial charge in [-0.25, -0.2) is 0 Å². The summed E-state index contributed by atoms with van der Waals surface area (Å²) in [6, 6.07) is 8.77. The van der Waals surface area contributed by atoms with E-state index in [1.807, 2.05) is 6.92 Å². The first-order valence-corrected chi connectivity index (χ1v) is 9.49. The van der Waals surface area contributed by atoms with Crippen LogP contribution in [0.15, 0.2) is 53.7 Å². The number of ketones is 1. The molecule has 3 rings (SSSR count). The summed E-state index contributed by atoms with van der Waals surface area (Å²) in [5.41, 5.74) is 0.734. The summed E-state index contributed by atoms with van der Waals surface area (Å²) < 4.78 is 25.9. The number of phenols is 1. The average Bonchev–Trinajstić information content (AvgIpc) is 3.09. The van der Waals surface area contributed by atoms with Crippen molar-refractivity contribution in [2.45, 2.75) is 11.8 Å². The van der Waals surface area contributed by atoms with Crippen molar-refractivity contribution >= 4 is 39.0 Å². The molecule has 0 atom stereocenters. The van der Waals surface area contributed by atoms with E-state index in [4.69, 9.17) is 23.2 Å². The molecule has 9 heteroatoms. The number of nitrogens with zero attached hydrogens (tertiary/aromatic N) is 2. The quantitative estimate of drug-likeness (QED) is 0.662. The summed E-state index contributed by atoms with van der Waals surface area (Å²) >= 11 is 11.7. The van der Waals surface area contributed by atoms with Crippen molar-refractivity contribution in [1.82, 2.24) is 9.19 Å². The van der Waals surface area contributed by atoms with E-state index in [0.29, 0.717) is 4.09 Å². The molecule has 0 unspecified atom stereocenters. The van der Waals surface area contributed by atoms with Gasteiger partial charge in [-0.2, -0.15) is 17.6 Å². The van der Waals surface area contributed by atoms with Crippen molar-refractivity contribution in [1.29, 1.82) is 0 Å². The molecule has 0 bridgehead atoms. The summed E-state index contributed by atoms with van der Waals surface area (Å²) in [4.78, 5) is 12.6. The zero-order valence-corrected chi connectivity index (χ0v) is 15.7. The van der Waals surface area contributed by atoms with Crippen molar-refractivity contribution in [3.8, 4) is 5.75 Å². The average molecular weight is 411 g/mol. The van der Waals surface area contributed by atoms with Gasteiger partial charge in [0.2, 0.25) is 0 Å². The van der Waals surface area contributed by atoms with E-state index in [1.165, 1.54) is 24.3 Å². The number of phenolic OH excluding ortho intramolecular Hbond substituents is 1. The largest absolute Gasteiger partial charge is 0.506 e. The predicted molar refractivity (Wildman–Crippen MR) is 97.5 cm³/mol. The fourth-order valence-corrected chi connectivity index (χ4v) is 3.88. The molecule has 0 spiro atoms. The molecular weight excluding hydrogens is 399 g/mol. The highest BCUT2D eigenvalue weighted by Gasteiger charge is 2.22. The first kappa shape index (κ1) is 18.4. The minimum atomic E-state index is -3.94. The molecule has 1 aromatic heterocycles. The molecule has 134 valence electrons. The van der Waals surface area contributed by atoms with Gasteiger partial charge in [0.05, 0.1) is 33.4 Å². The maximum Gasteiger partial charge on any atom is 0.282 e. The van der Waals surface area contributed by atoms with Gasteiger partial charge < -0.3 is 5.11 Å². The standard InChI is InChI=1S/C17H12Cl2N2O4S/c1-10-2-4-13(5-3-10)26(24,25)21-9-11(8-20-21)16(22)14-6-12(18)7-15(19)17(14)23/h2-9,23H,1H3. The molecule has 0 saturated heterocycles. The van der Waals surface area contributed by atoms with Gasteiger partial charge in [-0.05, 0) is 31.2 Å². The lowest BCUT2D eigenvalue weighted by atomic mass is 10.1. The summed E-state index contributed by atoms with van der Waals surface area (Å²) in [7, 11) is -3.94. The van der Waals surface area contributed by atoms with Crippen LogP contribution in [0.5, 0.6) is 5.75 Å². The Morgan fingerprint density at radius 2 is 1.81 bits per heavy atom. The minimum Gasteiger partial charge on any atom is -0.506 e. The lowest BCUT2D eigenvalue weighted by Gasteiger charge is -2.05. The van der Waals surface area contributed by atoms with Crippen molar-refractivity contribution in [3.05, 3.63) is 75.5 Å². The molecule has 0 radical (unpaired) electrons. The fourth-order valence-electron chi connectivity index (χ4n) is 2.27. The first-order chi connectivity index (χ1) is 12.2. The Morgan fingerprint density at radius 1 is 1.15 bits per heavy atom. The van der Waals surface area contributed by atoms with Crippen molar-refractivity contribution in [2.75, 3.05) is 0 Å². The number of benzene rings is 2. The Labute approximate surface area is 159 Å². The second kappa shape index (κ2) is 6.75. The highest BCUT2D eigenvalue weighted by molar-refractivity contribution is 7.89. The van der Waals surface area contributed by atoms with Crippen LogP contribution in [-0.2, 0) is 10.0 Å². The SMILES string of the molecule is Cc1ccc(S(=O)(=O)n2cc(C(=O)c3cc(Cl)cc(Cl)c3O)cn2)cc1. The fraction of sp³-hybridized carbons (Fsp3) is 0.0588. The van der Waals surface area contributed by atoms with Gasteiger partial charge in [-0.15, -0.1) is 0 Å². The van der Waals surface area contributed by atoms with Crippen LogP contribution in [0.4, 0.5) is 0 Å².